The molecule has 0 bridgehead atoms. The number of benzene rings is 1. The zero-order valence-electron chi connectivity index (χ0n) is 11.1. The molecular weight excluding hydrogens is 248 g/mol. The quantitative estimate of drug-likeness (QED) is 0.633. The largest absolute Gasteiger partial charge is 0.508 e. The standard InChI is InChI=1S/C14H18O5/c1-17-12-7-8-13(15)11(10-12)6-4-3-5-9-19-14(16)18-2/h3,5,7-8,10,15H,4,6,9H2,1-2H3/b5-3+. The lowest BCUT2D eigenvalue weighted by molar-refractivity contribution is 0.0817. The fourth-order valence-corrected chi connectivity index (χ4v) is 1.49. The maximum atomic E-state index is 10.7. The lowest BCUT2D eigenvalue weighted by Gasteiger charge is -2.05. The summed E-state index contributed by atoms with van der Waals surface area (Å²) in [6.07, 6.45) is 4.31. The van der Waals surface area contributed by atoms with Gasteiger partial charge in [0.25, 0.3) is 0 Å². The number of carbonyl (C=O) groups excluding carboxylic acids is 1. The molecule has 0 atom stereocenters. The van der Waals surface area contributed by atoms with Crippen LogP contribution in [-0.2, 0) is 15.9 Å². The molecule has 0 heterocycles. The van der Waals surface area contributed by atoms with Crippen LogP contribution in [-0.4, -0.2) is 32.1 Å². The average molecular weight is 266 g/mol. The van der Waals surface area contributed by atoms with Crippen molar-refractivity contribution in [2.24, 2.45) is 0 Å². The third-order valence-corrected chi connectivity index (χ3v) is 2.50. The Morgan fingerprint density at radius 3 is 2.79 bits per heavy atom. The summed E-state index contributed by atoms with van der Waals surface area (Å²) in [4.78, 5) is 10.7. The van der Waals surface area contributed by atoms with Crippen molar-refractivity contribution in [3.63, 3.8) is 0 Å². The van der Waals surface area contributed by atoms with Gasteiger partial charge in [0.2, 0.25) is 0 Å². The maximum Gasteiger partial charge on any atom is 0.508 e. The summed E-state index contributed by atoms with van der Waals surface area (Å²) in [5.41, 5.74) is 0.817. The first-order valence-corrected chi connectivity index (χ1v) is 5.89. The van der Waals surface area contributed by atoms with Gasteiger partial charge in [-0.3, -0.25) is 0 Å². The van der Waals surface area contributed by atoms with Crippen molar-refractivity contribution in [1.82, 2.24) is 0 Å². The summed E-state index contributed by atoms with van der Waals surface area (Å²) in [5.74, 6) is 0.964. The van der Waals surface area contributed by atoms with E-state index in [2.05, 4.69) is 9.47 Å². The van der Waals surface area contributed by atoms with Crippen LogP contribution in [0.3, 0.4) is 0 Å². The number of hydrogen-bond acceptors (Lipinski definition) is 5. The molecule has 0 aromatic heterocycles. The van der Waals surface area contributed by atoms with E-state index < -0.39 is 6.16 Å². The van der Waals surface area contributed by atoms with Crippen molar-refractivity contribution < 1.29 is 24.1 Å². The SMILES string of the molecule is COC(=O)OC/C=C/CCc1cc(OC)ccc1O. The minimum atomic E-state index is -0.699. The van der Waals surface area contributed by atoms with E-state index in [4.69, 9.17) is 4.74 Å². The third kappa shape index (κ3) is 5.33. The normalized spacial score (nSPS) is 10.4. The molecule has 0 radical (unpaired) electrons. The average Bonchev–Trinajstić information content (AvgIpc) is 2.44. The highest BCUT2D eigenvalue weighted by atomic mass is 16.7. The predicted octanol–water partition coefficient (Wildman–Crippen LogP) is 2.67. The van der Waals surface area contributed by atoms with Crippen LogP contribution in [0.4, 0.5) is 4.79 Å². The van der Waals surface area contributed by atoms with Crippen LogP contribution in [0.1, 0.15) is 12.0 Å². The maximum absolute atomic E-state index is 10.7. The molecule has 0 amide bonds. The van der Waals surface area contributed by atoms with Crippen molar-refractivity contribution >= 4 is 6.16 Å². The summed E-state index contributed by atoms with van der Waals surface area (Å²) in [6, 6.07) is 5.12. The molecule has 0 aliphatic rings. The number of allylic oxidation sites excluding steroid dienone is 1. The van der Waals surface area contributed by atoms with Gasteiger partial charge in [-0.2, -0.15) is 0 Å². The molecule has 5 heteroatoms. The van der Waals surface area contributed by atoms with Gasteiger partial charge in [-0.25, -0.2) is 4.79 Å². The van der Waals surface area contributed by atoms with Crippen LogP contribution in [0.25, 0.3) is 0 Å². The molecule has 104 valence electrons. The minimum absolute atomic E-state index is 0.177. The minimum Gasteiger partial charge on any atom is -0.508 e. The molecule has 1 rings (SSSR count). The van der Waals surface area contributed by atoms with E-state index >= 15 is 0 Å². The molecule has 0 unspecified atom stereocenters. The Morgan fingerprint density at radius 1 is 1.32 bits per heavy atom. The van der Waals surface area contributed by atoms with E-state index in [0.29, 0.717) is 12.2 Å². The van der Waals surface area contributed by atoms with E-state index in [0.717, 1.165) is 12.0 Å². The number of ether oxygens (including phenoxy) is 3. The van der Waals surface area contributed by atoms with Crippen LogP contribution >= 0.6 is 0 Å². The van der Waals surface area contributed by atoms with Crippen LogP contribution in [0.15, 0.2) is 30.4 Å². The van der Waals surface area contributed by atoms with E-state index in [-0.39, 0.29) is 12.4 Å². The van der Waals surface area contributed by atoms with E-state index in [1.165, 1.54) is 7.11 Å². The highest BCUT2D eigenvalue weighted by molar-refractivity contribution is 5.59. The van der Waals surface area contributed by atoms with Crippen LogP contribution in [0.5, 0.6) is 11.5 Å². The first-order valence-electron chi connectivity index (χ1n) is 5.89. The molecule has 5 nitrogen and oxygen atoms in total. The van der Waals surface area contributed by atoms with Gasteiger partial charge in [0.1, 0.15) is 18.1 Å². The molecule has 0 spiro atoms. The molecule has 0 aliphatic carbocycles. The van der Waals surface area contributed by atoms with Crippen molar-refractivity contribution in [1.29, 1.82) is 0 Å². The number of phenolic OH excluding ortho intramolecular Hbond substituents is 1. The number of rotatable bonds is 6. The molecule has 1 aromatic rings. The van der Waals surface area contributed by atoms with Gasteiger partial charge in [0.15, 0.2) is 0 Å². The van der Waals surface area contributed by atoms with Crippen molar-refractivity contribution in [3.05, 3.63) is 35.9 Å². The fourth-order valence-electron chi connectivity index (χ4n) is 1.49. The lowest BCUT2D eigenvalue weighted by Crippen LogP contribution is -2.03. The Morgan fingerprint density at radius 2 is 2.11 bits per heavy atom. The van der Waals surface area contributed by atoms with Gasteiger partial charge >= 0.3 is 6.16 Å². The first kappa shape index (κ1) is 14.9. The van der Waals surface area contributed by atoms with Crippen molar-refractivity contribution in [2.75, 3.05) is 20.8 Å². The van der Waals surface area contributed by atoms with Crippen LogP contribution in [0, 0.1) is 0 Å². The number of phenols is 1. The summed E-state index contributed by atoms with van der Waals surface area (Å²) in [7, 11) is 2.85. The van der Waals surface area contributed by atoms with E-state index in [9.17, 15) is 9.90 Å². The first-order chi connectivity index (χ1) is 9.17. The van der Waals surface area contributed by atoms with Gasteiger partial charge in [0, 0.05) is 0 Å². The summed E-state index contributed by atoms with van der Waals surface area (Å²) in [5, 5.41) is 9.67. The predicted molar refractivity (Wildman–Crippen MR) is 70.5 cm³/mol. The second-order valence-corrected chi connectivity index (χ2v) is 3.77. The molecule has 1 N–H and O–H groups in total. The van der Waals surface area contributed by atoms with Crippen LogP contribution < -0.4 is 4.74 Å². The molecule has 1 aromatic carbocycles. The summed E-state index contributed by atoms with van der Waals surface area (Å²) in [6.45, 7) is 0.177. The molecule has 0 saturated heterocycles. The Hall–Kier alpha value is -2.17. The number of aryl methyl sites for hydroxylation is 1. The molecule has 19 heavy (non-hydrogen) atoms. The van der Waals surface area contributed by atoms with Crippen molar-refractivity contribution in [3.8, 4) is 11.5 Å². The topological polar surface area (TPSA) is 65.0 Å². The number of carbonyl (C=O) groups is 1. The molecular formula is C14H18O5. The number of aromatic hydroxyl groups is 1. The van der Waals surface area contributed by atoms with Gasteiger partial charge in [-0.1, -0.05) is 12.2 Å². The van der Waals surface area contributed by atoms with Gasteiger partial charge < -0.3 is 19.3 Å². The number of methoxy groups -OCH3 is 2. The lowest BCUT2D eigenvalue weighted by atomic mass is 10.1. The Kier molecular flexibility index (Phi) is 6.29. The monoisotopic (exact) mass is 266 g/mol. The zero-order valence-corrected chi connectivity index (χ0v) is 11.1. The second kappa shape index (κ2) is 8.02. The molecule has 0 fully saturated rings. The molecule has 0 aliphatic heterocycles. The Balaban J connectivity index is 2.36. The van der Waals surface area contributed by atoms with Gasteiger partial charge in [-0.05, 0) is 36.6 Å². The van der Waals surface area contributed by atoms with Crippen molar-refractivity contribution in [2.45, 2.75) is 12.8 Å². The Labute approximate surface area is 112 Å². The Bertz CT molecular complexity index is 439. The zero-order chi connectivity index (χ0) is 14.1. The second-order valence-electron chi connectivity index (χ2n) is 3.77. The number of hydrogen-bond donors (Lipinski definition) is 1. The van der Waals surface area contributed by atoms with Gasteiger partial charge in [0.05, 0.1) is 14.2 Å². The highest BCUT2D eigenvalue weighted by Crippen LogP contribution is 2.23. The molecule has 0 saturated carbocycles. The van der Waals surface area contributed by atoms with E-state index in [1.54, 1.807) is 31.4 Å². The van der Waals surface area contributed by atoms with E-state index in [1.807, 2.05) is 6.08 Å². The smallest absolute Gasteiger partial charge is 0.508 e. The van der Waals surface area contributed by atoms with Crippen LogP contribution in [0.2, 0.25) is 0 Å². The van der Waals surface area contributed by atoms with Gasteiger partial charge in [-0.15, -0.1) is 0 Å². The summed E-state index contributed by atoms with van der Waals surface area (Å²) < 4.78 is 14.1. The summed E-state index contributed by atoms with van der Waals surface area (Å²) >= 11 is 0. The highest BCUT2D eigenvalue weighted by Gasteiger charge is 2.02. The fraction of sp³-hybridized carbons (Fsp3) is 0.357. The third-order valence-electron chi connectivity index (χ3n) is 2.50.